The van der Waals surface area contributed by atoms with Crippen LogP contribution in [0.5, 0.6) is 0 Å². The van der Waals surface area contributed by atoms with Gasteiger partial charge in [-0.05, 0) is 38.8 Å². The number of hydrogen-bond donors (Lipinski definition) is 0. The van der Waals surface area contributed by atoms with E-state index in [1.807, 2.05) is 13.8 Å². The van der Waals surface area contributed by atoms with E-state index < -0.39 is 0 Å². The third-order valence-corrected chi connectivity index (χ3v) is 3.80. The van der Waals surface area contributed by atoms with Crippen molar-refractivity contribution >= 4 is 0 Å². The standard InChI is InChI=1S/C12H20N2.C2H6.2CH3F/c13-10-11-6-8-14(9-7-11)12-4-2-1-3-5-12;3*1-2/h11-12H,1-9H2;1-2H3;2*1H3. The van der Waals surface area contributed by atoms with Gasteiger partial charge in [-0.15, -0.1) is 0 Å². The summed E-state index contributed by atoms with van der Waals surface area (Å²) in [5, 5.41) is 8.82. The second kappa shape index (κ2) is 16.4. The number of nitrogens with zero attached hydrogens (tertiary/aromatic N) is 2. The van der Waals surface area contributed by atoms with Crippen molar-refractivity contribution in [2.45, 2.75) is 64.8 Å². The van der Waals surface area contributed by atoms with Crippen LogP contribution in [0.2, 0.25) is 0 Å². The van der Waals surface area contributed by atoms with Crippen LogP contribution in [0.4, 0.5) is 8.78 Å². The summed E-state index contributed by atoms with van der Waals surface area (Å²) >= 11 is 0. The molecule has 2 aliphatic rings. The number of alkyl halides is 2. The second-order valence-electron chi connectivity index (χ2n) is 4.73. The Bertz CT molecular complexity index is 215. The molecule has 2 nitrogen and oxygen atoms in total. The topological polar surface area (TPSA) is 27.0 Å². The highest BCUT2D eigenvalue weighted by atomic mass is 19.1. The number of rotatable bonds is 1. The van der Waals surface area contributed by atoms with E-state index in [4.69, 9.17) is 5.26 Å². The van der Waals surface area contributed by atoms with Crippen LogP contribution in [0.1, 0.15) is 58.8 Å². The number of halogens is 2. The highest BCUT2D eigenvalue weighted by molar-refractivity contribution is 4.89. The Morgan fingerprint density at radius 2 is 1.30 bits per heavy atom. The van der Waals surface area contributed by atoms with Gasteiger partial charge in [0.15, 0.2) is 0 Å². The molecule has 1 saturated heterocycles. The van der Waals surface area contributed by atoms with Crippen LogP contribution < -0.4 is 0 Å². The van der Waals surface area contributed by atoms with Gasteiger partial charge in [-0.25, -0.2) is 0 Å². The molecule has 1 aliphatic heterocycles. The zero-order chi connectivity index (χ0) is 15.8. The van der Waals surface area contributed by atoms with Gasteiger partial charge in [0.2, 0.25) is 0 Å². The number of nitriles is 1. The van der Waals surface area contributed by atoms with E-state index in [0.29, 0.717) is 20.3 Å². The van der Waals surface area contributed by atoms with Crippen molar-refractivity contribution in [2.24, 2.45) is 5.92 Å². The summed E-state index contributed by atoms with van der Waals surface area (Å²) in [5.41, 5.74) is 0. The fourth-order valence-electron chi connectivity index (χ4n) is 2.84. The normalized spacial score (nSPS) is 20.1. The Balaban J connectivity index is 0. The third kappa shape index (κ3) is 8.47. The van der Waals surface area contributed by atoms with Crippen molar-refractivity contribution in [3.63, 3.8) is 0 Å². The van der Waals surface area contributed by atoms with Gasteiger partial charge in [0.1, 0.15) is 0 Å². The molecule has 1 aliphatic carbocycles. The quantitative estimate of drug-likeness (QED) is 0.696. The van der Waals surface area contributed by atoms with Crippen LogP contribution >= 0.6 is 0 Å². The van der Waals surface area contributed by atoms with Crippen molar-refractivity contribution in [2.75, 3.05) is 27.4 Å². The fraction of sp³-hybridized carbons (Fsp3) is 0.938. The van der Waals surface area contributed by atoms with Gasteiger partial charge in [0.25, 0.3) is 0 Å². The molecule has 0 radical (unpaired) electrons. The molecule has 2 fully saturated rings. The van der Waals surface area contributed by atoms with Crippen molar-refractivity contribution in [1.29, 1.82) is 5.26 Å². The van der Waals surface area contributed by atoms with Crippen LogP contribution in [-0.4, -0.2) is 38.4 Å². The number of likely N-dealkylation sites (tertiary alicyclic amines) is 1. The Labute approximate surface area is 124 Å². The summed E-state index contributed by atoms with van der Waals surface area (Å²) in [6.45, 7) is 6.34. The SMILES string of the molecule is CC.CF.CF.N#CC1CCN(C2CCCCC2)CC1. The number of hydrogen-bond acceptors (Lipinski definition) is 2. The lowest BCUT2D eigenvalue weighted by Gasteiger charge is -2.37. The molecule has 4 heteroatoms. The molecule has 0 spiro atoms. The molecule has 0 bridgehead atoms. The molecule has 0 aromatic heterocycles. The van der Waals surface area contributed by atoms with E-state index >= 15 is 0 Å². The molecule has 0 amide bonds. The lowest BCUT2D eigenvalue weighted by atomic mass is 9.91. The molecule has 1 saturated carbocycles. The van der Waals surface area contributed by atoms with Crippen molar-refractivity contribution in [3.8, 4) is 6.07 Å². The molecule has 2 rings (SSSR count). The van der Waals surface area contributed by atoms with Crippen LogP contribution in [-0.2, 0) is 0 Å². The molecule has 0 aromatic rings. The minimum Gasteiger partial charge on any atom is -0.300 e. The van der Waals surface area contributed by atoms with Gasteiger partial charge in [-0.2, -0.15) is 5.26 Å². The third-order valence-electron chi connectivity index (χ3n) is 3.80. The van der Waals surface area contributed by atoms with Crippen LogP contribution in [0.15, 0.2) is 0 Å². The average Bonchev–Trinajstić information content (AvgIpc) is 2.61. The average molecular weight is 290 g/mol. The number of piperidine rings is 1. The smallest absolute Gasteiger partial charge is 0.0785 e. The van der Waals surface area contributed by atoms with Gasteiger partial charge in [0, 0.05) is 12.0 Å². The van der Waals surface area contributed by atoms with Gasteiger partial charge < -0.3 is 4.90 Å². The summed E-state index contributed by atoms with van der Waals surface area (Å²) in [6, 6.07) is 3.25. The predicted molar refractivity (Wildman–Crippen MR) is 82.2 cm³/mol. The van der Waals surface area contributed by atoms with Crippen molar-refractivity contribution in [1.82, 2.24) is 4.90 Å². The van der Waals surface area contributed by atoms with E-state index in [-0.39, 0.29) is 0 Å². The second-order valence-corrected chi connectivity index (χ2v) is 4.73. The van der Waals surface area contributed by atoms with Crippen LogP contribution in [0, 0.1) is 17.2 Å². The molecular weight excluding hydrogens is 258 g/mol. The fourth-order valence-corrected chi connectivity index (χ4v) is 2.84. The molecule has 0 N–H and O–H groups in total. The summed E-state index contributed by atoms with van der Waals surface area (Å²) < 4.78 is 19.0. The monoisotopic (exact) mass is 290 g/mol. The lowest BCUT2D eigenvalue weighted by Crippen LogP contribution is -2.42. The maximum absolute atomic E-state index is 9.50. The van der Waals surface area contributed by atoms with Crippen molar-refractivity contribution in [3.05, 3.63) is 0 Å². The molecule has 0 aromatic carbocycles. The maximum Gasteiger partial charge on any atom is 0.0785 e. The summed E-state index contributed by atoms with van der Waals surface area (Å²) in [6.07, 6.45) is 9.28. The van der Waals surface area contributed by atoms with Gasteiger partial charge in [-0.1, -0.05) is 33.1 Å². The zero-order valence-electron chi connectivity index (χ0n) is 13.7. The minimum absolute atomic E-state index is 0.342. The highest BCUT2D eigenvalue weighted by Gasteiger charge is 2.25. The van der Waals surface area contributed by atoms with E-state index in [9.17, 15) is 8.78 Å². The predicted octanol–water partition coefficient (Wildman–Crippen LogP) is 4.75. The maximum atomic E-state index is 9.50. The Morgan fingerprint density at radius 3 is 1.70 bits per heavy atom. The van der Waals surface area contributed by atoms with Crippen molar-refractivity contribution < 1.29 is 8.78 Å². The Kier molecular flexibility index (Phi) is 17.7. The summed E-state index contributed by atoms with van der Waals surface area (Å²) in [7, 11) is 1.00. The molecule has 0 unspecified atom stereocenters. The molecule has 0 atom stereocenters. The van der Waals surface area contributed by atoms with Gasteiger partial charge >= 0.3 is 0 Å². The van der Waals surface area contributed by atoms with Gasteiger partial charge in [0.05, 0.1) is 20.4 Å². The minimum atomic E-state index is 0.342. The largest absolute Gasteiger partial charge is 0.300 e. The van der Waals surface area contributed by atoms with E-state index in [2.05, 4.69) is 11.0 Å². The lowest BCUT2D eigenvalue weighted by molar-refractivity contribution is 0.118. The zero-order valence-corrected chi connectivity index (χ0v) is 13.7. The molecule has 120 valence electrons. The van der Waals surface area contributed by atoms with Gasteiger partial charge in [-0.3, -0.25) is 8.78 Å². The summed E-state index contributed by atoms with van der Waals surface area (Å²) in [5.74, 6) is 0.342. The van der Waals surface area contributed by atoms with Crippen LogP contribution in [0.3, 0.4) is 0 Å². The van der Waals surface area contributed by atoms with E-state index in [1.165, 1.54) is 45.2 Å². The molecule has 20 heavy (non-hydrogen) atoms. The van der Waals surface area contributed by atoms with Crippen LogP contribution in [0.25, 0.3) is 0 Å². The molecule has 1 heterocycles. The van der Waals surface area contributed by atoms with E-state index in [0.717, 1.165) is 18.9 Å². The Hall–Kier alpha value is -0.690. The van der Waals surface area contributed by atoms with E-state index in [1.54, 1.807) is 0 Å². The first-order valence-electron chi connectivity index (χ1n) is 7.79. The highest BCUT2D eigenvalue weighted by Crippen LogP contribution is 2.26. The Morgan fingerprint density at radius 1 is 0.850 bits per heavy atom. The molecular formula is C16H32F2N2. The first-order chi connectivity index (χ1) is 9.90. The first-order valence-corrected chi connectivity index (χ1v) is 7.79. The first kappa shape index (κ1) is 21.6. The summed E-state index contributed by atoms with van der Waals surface area (Å²) in [4.78, 5) is 2.63.